The molecular weight excluding hydrogens is 634 g/mol. The van der Waals surface area contributed by atoms with Gasteiger partial charge in [0.2, 0.25) is 5.13 Å². The highest BCUT2D eigenvalue weighted by molar-refractivity contribution is 8.00. The van der Waals surface area contributed by atoms with Gasteiger partial charge in [-0.1, -0.05) is 71.6 Å². The quantitative estimate of drug-likeness (QED) is 0.0389. The first-order valence-corrected chi connectivity index (χ1v) is 16.3. The fraction of sp³-hybridized carbons (Fsp3) is 0.212. The molecule has 0 spiro atoms. The highest BCUT2D eigenvalue weighted by Gasteiger charge is 2.48. The van der Waals surface area contributed by atoms with Crippen LogP contribution in [-0.4, -0.2) is 46.8 Å². The minimum Gasteiger partial charge on any atom is -0.507 e. The lowest BCUT2D eigenvalue weighted by molar-refractivity contribution is -0.132. The van der Waals surface area contributed by atoms with E-state index < -0.39 is 17.7 Å². The van der Waals surface area contributed by atoms with E-state index in [1.54, 1.807) is 48.5 Å². The van der Waals surface area contributed by atoms with E-state index in [-0.39, 0.29) is 23.1 Å². The molecule has 5 rings (SSSR count). The average Bonchev–Trinajstić information content (AvgIpc) is 3.62. The standard InChI is InChI=1S/C33H30ClN3O6S2/c1-4-17-43-25-16-13-21(18-26(25)42-6-3)28-27(29(38)20-11-14-23(15-12-20)41-5-2)30(39)31(40)37(28)32-35-36-33(45-32)44-19-22-9-7-8-10-24(22)34/h4,7-16,18,28,38H,1,5-6,17,19H2,2-3H3. The van der Waals surface area contributed by atoms with Gasteiger partial charge < -0.3 is 19.3 Å². The van der Waals surface area contributed by atoms with Crippen LogP contribution in [0.3, 0.4) is 0 Å². The van der Waals surface area contributed by atoms with Crippen LogP contribution in [0.2, 0.25) is 5.02 Å². The van der Waals surface area contributed by atoms with Gasteiger partial charge in [0.05, 0.1) is 24.8 Å². The van der Waals surface area contributed by atoms with Crippen molar-refractivity contribution >= 4 is 57.3 Å². The first-order valence-electron chi connectivity index (χ1n) is 14.1. The van der Waals surface area contributed by atoms with Crippen molar-refractivity contribution in [2.75, 3.05) is 24.7 Å². The molecule has 0 bridgehead atoms. The molecular formula is C33H30ClN3O6S2. The number of ether oxygens (including phenoxy) is 3. The molecule has 1 unspecified atom stereocenters. The van der Waals surface area contributed by atoms with E-state index in [1.165, 1.54) is 28.0 Å². The molecule has 12 heteroatoms. The van der Waals surface area contributed by atoms with Gasteiger partial charge in [0.1, 0.15) is 18.1 Å². The SMILES string of the molecule is C=CCOc1ccc(C2C(=C(O)c3ccc(OCC)cc3)C(=O)C(=O)N2c2nnc(SCc3ccccc3Cl)s2)cc1OCC. The van der Waals surface area contributed by atoms with Crippen LogP contribution < -0.4 is 19.1 Å². The van der Waals surface area contributed by atoms with Crippen molar-refractivity contribution in [2.24, 2.45) is 0 Å². The summed E-state index contributed by atoms with van der Waals surface area (Å²) < 4.78 is 17.7. The molecule has 1 amide bonds. The topological polar surface area (TPSA) is 111 Å². The number of carbonyl (C=O) groups excluding carboxylic acids is 2. The number of aliphatic hydroxyl groups excluding tert-OH is 1. The summed E-state index contributed by atoms with van der Waals surface area (Å²) in [7, 11) is 0. The number of thioether (sulfide) groups is 1. The van der Waals surface area contributed by atoms with E-state index in [4.69, 9.17) is 25.8 Å². The molecule has 3 aromatic carbocycles. The number of amides is 1. The summed E-state index contributed by atoms with van der Waals surface area (Å²) in [6.45, 7) is 8.49. The number of Topliss-reactive ketones (excluding diaryl/α,β-unsaturated/α-hetero) is 1. The molecule has 0 radical (unpaired) electrons. The molecule has 4 aromatic rings. The molecule has 2 heterocycles. The summed E-state index contributed by atoms with van der Waals surface area (Å²) in [6.07, 6.45) is 1.62. The summed E-state index contributed by atoms with van der Waals surface area (Å²) in [5.74, 6) is 0.0193. The number of ketones is 1. The van der Waals surface area contributed by atoms with Gasteiger partial charge in [-0.3, -0.25) is 14.5 Å². The molecule has 1 atom stereocenters. The number of aromatic nitrogens is 2. The molecule has 0 saturated carbocycles. The second-order valence-electron chi connectivity index (χ2n) is 9.60. The predicted molar refractivity (Wildman–Crippen MR) is 177 cm³/mol. The van der Waals surface area contributed by atoms with Crippen LogP contribution in [-0.2, 0) is 15.3 Å². The monoisotopic (exact) mass is 663 g/mol. The van der Waals surface area contributed by atoms with Crippen LogP contribution in [0.1, 0.15) is 36.6 Å². The van der Waals surface area contributed by atoms with Gasteiger partial charge in [-0.2, -0.15) is 0 Å². The highest BCUT2D eigenvalue weighted by atomic mass is 35.5. The zero-order valence-electron chi connectivity index (χ0n) is 24.6. The maximum absolute atomic E-state index is 13.7. The van der Waals surface area contributed by atoms with Crippen molar-refractivity contribution in [3.63, 3.8) is 0 Å². The van der Waals surface area contributed by atoms with Gasteiger partial charge in [0, 0.05) is 16.3 Å². The Morgan fingerprint density at radius 1 is 1.02 bits per heavy atom. The number of anilines is 1. The molecule has 45 heavy (non-hydrogen) atoms. The van der Waals surface area contributed by atoms with Gasteiger partial charge in [-0.25, -0.2) is 0 Å². The smallest absolute Gasteiger partial charge is 0.301 e. The van der Waals surface area contributed by atoms with Crippen molar-refractivity contribution in [3.8, 4) is 17.2 Å². The van der Waals surface area contributed by atoms with Gasteiger partial charge >= 0.3 is 5.91 Å². The normalized spacial score (nSPS) is 15.7. The van der Waals surface area contributed by atoms with E-state index in [1.807, 2.05) is 38.1 Å². The fourth-order valence-corrected chi connectivity index (χ4v) is 6.87. The number of nitrogens with zero attached hydrogens (tertiary/aromatic N) is 3. The van der Waals surface area contributed by atoms with E-state index in [0.717, 1.165) is 5.56 Å². The van der Waals surface area contributed by atoms with E-state index in [2.05, 4.69) is 16.8 Å². The van der Waals surface area contributed by atoms with Crippen molar-refractivity contribution in [1.82, 2.24) is 10.2 Å². The molecule has 1 aliphatic heterocycles. The van der Waals surface area contributed by atoms with Crippen LogP contribution in [0.4, 0.5) is 5.13 Å². The number of hydrogen-bond donors (Lipinski definition) is 1. The van der Waals surface area contributed by atoms with Gasteiger partial charge in [0.25, 0.3) is 5.78 Å². The first kappa shape index (κ1) is 32.1. The minimum atomic E-state index is -1.03. The lowest BCUT2D eigenvalue weighted by atomic mass is 9.95. The Bertz CT molecular complexity index is 1740. The maximum Gasteiger partial charge on any atom is 0.301 e. The van der Waals surface area contributed by atoms with Gasteiger partial charge in [0.15, 0.2) is 15.8 Å². The van der Waals surface area contributed by atoms with Crippen LogP contribution >= 0.6 is 34.7 Å². The third-order valence-corrected chi connectivity index (χ3v) is 9.21. The molecule has 1 aliphatic rings. The van der Waals surface area contributed by atoms with Crippen molar-refractivity contribution in [2.45, 2.75) is 30.0 Å². The summed E-state index contributed by atoms with van der Waals surface area (Å²) in [5.41, 5.74) is 1.70. The predicted octanol–water partition coefficient (Wildman–Crippen LogP) is 7.47. The Hall–Kier alpha value is -4.32. The number of aliphatic hydroxyl groups is 1. The zero-order valence-corrected chi connectivity index (χ0v) is 27.0. The van der Waals surface area contributed by atoms with E-state index in [0.29, 0.717) is 56.7 Å². The van der Waals surface area contributed by atoms with Crippen molar-refractivity contribution in [3.05, 3.63) is 107 Å². The largest absolute Gasteiger partial charge is 0.507 e. The molecule has 1 fully saturated rings. The third kappa shape index (κ3) is 7.00. The van der Waals surface area contributed by atoms with Crippen molar-refractivity contribution < 1.29 is 28.9 Å². The van der Waals surface area contributed by atoms with E-state index >= 15 is 0 Å². The first-order chi connectivity index (χ1) is 21.9. The van der Waals surface area contributed by atoms with Gasteiger partial charge in [-0.05, 0) is 67.4 Å². The minimum absolute atomic E-state index is 0.0909. The third-order valence-electron chi connectivity index (χ3n) is 6.73. The number of carbonyl (C=O) groups is 2. The van der Waals surface area contributed by atoms with Crippen LogP contribution in [0, 0.1) is 0 Å². The molecule has 9 nitrogen and oxygen atoms in total. The van der Waals surface area contributed by atoms with Crippen molar-refractivity contribution in [1.29, 1.82) is 0 Å². The average molecular weight is 664 g/mol. The summed E-state index contributed by atoms with van der Waals surface area (Å²) in [5, 5.41) is 20.9. The molecule has 1 saturated heterocycles. The molecule has 0 aliphatic carbocycles. The Balaban J connectivity index is 1.58. The zero-order chi connectivity index (χ0) is 31.9. The number of rotatable bonds is 13. The second-order valence-corrected chi connectivity index (χ2v) is 12.2. The fourth-order valence-electron chi connectivity index (χ4n) is 4.72. The lowest BCUT2D eigenvalue weighted by Gasteiger charge is -2.23. The second kappa shape index (κ2) is 14.6. The summed E-state index contributed by atoms with van der Waals surface area (Å²) >= 11 is 8.90. The lowest BCUT2D eigenvalue weighted by Crippen LogP contribution is -2.29. The summed E-state index contributed by atoms with van der Waals surface area (Å²) in [4.78, 5) is 28.6. The van der Waals surface area contributed by atoms with Crippen LogP contribution in [0.15, 0.2) is 89.3 Å². The van der Waals surface area contributed by atoms with Crippen LogP contribution in [0.5, 0.6) is 17.2 Å². The molecule has 1 aromatic heterocycles. The van der Waals surface area contributed by atoms with Gasteiger partial charge in [-0.15, -0.1) is 10.2 Å². The highest BCUT2D eigenvalue weighted by Crippen LogP contribution is 2.46. The summed E-state index contributed by atoms with van der Waals surface area (Å²) in [6, 6.07) is 18.3. The Labute approximate surface area is 274 Å². The van der Waals surface area contributed by atoms with Crippen LogP contribution in [0.25, 0.3) is 5.76 Å². The number of hydrogen-bond acceptors (Lipinski definition) is 10. The molecule has 232 valence electrons. The Kier molecular flexibility index (Phi) is 10.4. The van der Waals surface area contributed by atoms with E-state index in [9.17, 15) is 14.7 Å². The Morgan fingerprint density at radius 2 is 1.78 bits per heavy atom. The number of benzene rings is 3. The Morgan fingerprint density at radius 3 is 2.49 bits per heavy atom. The maximum atomic E-state index is 13.7. The molecule has 1 N–H and O–H groups in total. The number of halogens is 1.